The van der Waals surface area contributed by atoms with Crippen LogP contribution in [0.25, 0.3) is 11.0 Å². The topological polar surface area (TPSA) is 68.3 Å². The Morgan fingerprint density at radius 2 is 2.00 bits per heavy atom. The highest BCUT2D eigenvalue weighted by atomic mass is 35.5. The number of furan rings is 1. The van der Waals surface area contributed by atoms with E-state index in [1.165, 1.54) is 0 Å². The molecule has 1 amide bonds. The van der Waals surface area contributed by atoms with Crippen LogP contribution in [-0.4, -0.2) is 11.9 Å². The average molecular weight is 269 g/mol. The van der Waals surface area contributed by atoms with Gasteiger partial charge in [-0.05, 0) is 26.0 Å². The van der Waals surface area contributed by atoms with Crippen LogP contribution in [0.2, 0.25) is 0 Å². The summed E-state index contributed by atoms with van der Waals surface area (Å²) in [6.45, 7) is 3.53. The Morgan fingerprint density at radius 3 is 2.61 bits per heavy atom. The fourth-order valence-corrected chi connectivity index (χ4v) is 1.63. The van der Waals surface area contributed by atoms with Gasteiger partial charge < -0.3 is 15.5 Å². The Hall–Kier alpha value is -1.52. The van der Waals surface area contributed by atoms with Gasteiger partial charge in [-0.3, -0.25) is 4.79 Å². The third-order valence-corrected chi connectivity index (χ3v) is 2.64. The van der Waals surface area contributed by atoms with Crippen molar-refractivity contribution in [1.82, 2.24) is 5.32 Å². The van der Waals surface area contributed by atoms with Gasteiger partial charge in [0.25, 0.3) is 0 Å². The maximum absolute atomic E-state index is 11.5. The maximum Gasteiger partial charge on any atom is 0.237 e. The molecule has 0 aliphatic heterocycles. The third-order valence-electron chi connectivity index (χ3n) is 2.64. The quantitative estimate of drug-likeness (QED) is 0.898. The Morgan fingerprint density at radius 1 is 1.33 bits per heavy atom. The summed E-state index contributed by atoms with van der Waals surface area (Å²) >= 11 is 0. The van der Waals surface area contributed by atoms with Crippen LogP contribution in [-0.2, 0) is 4.79 Å². The van der Waals surface area contributed by atoms with Gasteiger partial charge in [0.15, 0.2) is 0 Å². The summed E-state index contributed by atoms with van der Waals surface area (Å²) in [5.74, 6) is 0.554. The first-order valence-corrected chi connectivity index (χ1v) is 5.62. The van der Waals surface area contributed by atoms with E-state index in [1.807, 2.05) is 37.3 Å². The molecule has 2 aromatic rings. The molecule has 2 atom stereocenters. The van der Waals surface area contributed by atoms with Crippen molar-refractivity contribution < 1.29 is 9.21 Å². The summed E-state index contributed by atoms with van der Waals surface area (Å²) in [7, 11) is 0. The molecule has 4 nitrogen and oxygen atoms in total. The minimum atomic E-state index is -0.512. The number of nitrogens with two attached hydrogens (primary N) is 1. The second-order valence-corrected chi connectivity index (χ2v) is 4.21. The standard InChI is InChI=1S/C13H16N2O2.ClH/c1-8(14)13(16)15-9(2)12-7-10-5-3-4-6-11(10)17-12;/h3-9H,14H2,1-2H3,(H,15,16);1H/t8-,9?;/m1./s1. The molecule has 0 aliphatic rings. The lowest BCUT2D eigenvalue weighted by molar-refractivity contribution is -0.122. The number of amides is 1. The fourth-order valence-electron chi connectivity index (χ4n) is 1.63. The molecule has 0 bridgehead atoms. The van der Waals surface area contributed by atoms with Crippen LogP contribution in [0.4, 0.5) is 0 Å². The number of hydrogen-bond acceptors (Lipinski definition) is 3. The van der Waals surface area contributed by atoms with Gasteiger partial charge in [-0.15, -0.1) is 12.4 Å². The van der Waals surface area contributed by atoms with E-state index >= 15 is 0 Å². The Labute approximate surface area is 112 Å². The first kappa shape index (κ1) is 14.5. The van der Waals surface area contributed by atoms with Gasteiger partial charge >= 0.3 is 0 Å². The number of halogens is 1. The molecule has 1 aromatic carbocycles. The first-order chi connectivity index (χ1) is 8.08. The largest absolute Gasteiger partial charge is 0.459 e. The number of para-hydroxylation sites is 1. The molecular weight excluding hydrogens is 252 g/mol. The Kier molecular flexibility index (Phi) is 4.76. The molecule has 1 unspecified atom stereocenters. The van der Waals surface area contributed by atoms with Gasteiger partial charge in [-0.25, -0.2) is 0 Å². The summed E-state index contributed by atoms with van der Waals surface area (Å²) in [6.07, 6.45) is 0. The number of hydrogen-bond donors (Lipinski definition) is 2. The average Bonchev–Trinajstić information content (AvgIpc) is 2.72. The van der Waals surface area contributed by atoms with Gasteiger partial charge in [0.05, 0.1) is 12.1 Å². The molecular formula is C13H17ClN2O2. The summed E-state index contributed by atoms with van der Waals surface area (Å²) in [4.78, 5) is 11.5. The van der Waals surface area contributed by atoms with Crippen LogP contribution < -0.4 is 11.1 Å². The van der Waals surface area contributed by atoms with Crippen molar-refractivity contribution in [3.05, 3.63) is 36.1 Å². The van der Waals surface area contributed by atoms with Crippen LogP contribution in [0.15, 0.2) is 34.7 Å². The van der Waals surface area contributed by atoms with Gasteiger partial charge in [-0.2, -0.15) is 0 Å². The highest BCUT2D eigenvalue weighted by molar-refractivity contribution is 5.85. The lowest BCUT2D eigenvalue weighted by atomic mass is 10.2. The Bertz CT molecular complexity index is 504. The van der Waals surface area contributed by atoms with E-state index < -0.39 is 6.04 Å². The van der Waals surface area contributed by atoms with Gasteiger partial charge in [-0.1, -0.05) is 18.2 Å². The predicted molar refractivity (Wildman–Crippen MR) is 73.7 cm³/mol. The molecule has 0 radical (unpaired) electrons. The molecule has 2 rings (SSSR count). The number of benzene rings is 1. The number of rotatable bonds is 3. The molecule has 5 heteroatoms. The molecule has 18 heavy (non-hydrogen) atoms. The van der Waals surface area contributed by atoms with Crippen LogP contribution in [0.1, 0.15) is 25.6 Å². The van der Waals surface area contributed by atoms with Crippen molar-refractivity contribution in [2.24, 2.45) is 5.73 Å². The van der Waals surface area contributed by atoms with Crippen LogP contribution in [0.5, 0.6) is 0 Å². The highest BCUT2D eigenvalue weighted by Gasteiger charge is 2.15. The minimum absolute atomic E-state index is 0. The zero-order chi connectivity index (χ0) is 12.4. The van der Waals surface area contributed by atoms with E-state index in [4.69, 9.17) is 10.2 Å². The zero-order valence-corrected chi connectivity index (χ0v) is 11.2. The number of carbonyl (C=O) groups is 1. The summed E-state index contributed by atoms with van der Waals surface area (Å²) < 4.78 is 5.65. The van der Waals surface area contributed by atoms with E-state index in [2.05, 4.69) is 5.32 Å². The van der Waals surface area contributed by atoms with Crippen molar-refractivity contribution in [2.75, 3.05) is 0 Å². The van der Waals surface area contributed by atoms with Gasteiger partial charge in [0.2, 0.25) is 5.91 Å². The maximum atomic E-state index is 11.5. The predicted octanol–water partition coefficient (Wildman–Crippen LogP) is 2.38. The van der Waals surface area contributed by atoms with Crippen LogP contribution in [0.3, 0.4) is 0 Å². The van der Waals surface area contributed by atoms with E-state index in [9.17, 15) is 4.79 Å². The van der Waals surface area contributed by atoms with Crippen LogP contribution >= 0.6 is 12.4 Å². The van der Waals surface area contributed by atoms with Crippen molar-refractivity contribution in [3.8, 4) is 0 Å². The Balaban J connectivity index is 0.00000162. The molecule has 98 valence electrons. The van der Waals surface area contributed by atoms with Crippen molar-refractivity contribution in [3.63, 3.8) is 0 Å². The highest BCUT2D eigenvalue weighted by Crippen LogP contribution is 2.23. The van der Waals surface area contributed by atoms with Crippen molar-refractivity contribution in [2.45, 2.75) is 25.9 Å². The van der Waals surface area contributed by atoms with E-state index in [0.29, 0.717) is 0 Å². The van der Waals surface area contributed by atoms with Gasteiger partial charge in [0, 0.05) is 5.39 Å². The van der Waals surface area contributed by atoms with Crippen molar-refractivity contribution >= 4 is 29.3 Å². The normalized spacial score (nSPS) is 13.7. The molecule has 1 aromatic heterocycles. The monoisotopic (exact) mass is 268 g/mol. The molecule has 0 saturated heterocycles. The number of fused-ring (bicyclic) bond motifs is 1. The smallest absolute Gasteiger partial charge is 0.237 e. The van der Waals surface area contributed by atoms with E-state index in [0.717, 1.165) is 16.7 Å². The van der Waals surface area contributed by atoms with E-state index in [-0.39, 0.29) is 24.4 Å². The van der Waals surface area contributed by atoms with E-state index in [1.54, 1.807) is 6.92 Å². The lowest BCUT2D eigenvalue weighted by Crippen LogP contribution is -2.39. The molecule has 3 N–H and O–H groups in total. The second-order valence-electron chi connectivity index (χ2n) is 4.21. The minimum Gasteiger partial charge on any atom is -0.459 e. The first-order valence-electron chi connectivity index (χ1n) is 5.62. The zero-order valence-electron chi connectivity index (χ0n) is 10.3. The SMILES string of the molecule is CC(NC(=O)[C@@H](C)N)c1cc2ccccc2o1.Cl. The van der Waals surface area contributed by atoms with Crippen molar-refractivity contribution in [1.29, 1.82) is 0 Å². The summed E-state index contributed by atoms with van der Waals surface area (Å²) in [5.41, 5.74) is 6.32. The molecule has 0 fully saturated rings. The molecule has 0 spiro atoms. The number of carbonyl (C=O) groups excluding carboxylic acids is 1. The molecule has 0 aliphatic carbocycles. The second kappa shape index (κ2) is 5.89. The summed E-state index contributed by atoms with van der Waals surface area (Å²) in [5, 5.41) is 3.83. The lowest BCUT2D eigenvalue weighted by Gasteiger charge is -2.12. The van der Waals surface area contributed by atoms with Crippen LogP contribution in [0, 0.1) is 0 Å². The molecule has 1 heterocycles. The fraction of sp³-hybridized carbons (Fsp3) is 0.308. The summed E-state index contributed by atoms with van der Waals surface area (Å²) in [6, 6.07) is 8.99. The number of nitrogens with one attached hydrogen (secondary N) is 1. The third kappa shape index (κ3) is 3.03. The molecule has 0 saturated carbocycles. The van der Waals surface area contributed by atoms with Gasteiger partial charge in [0.1, 0.15) is 11.3 Å².